The monoisotopic (exact) mass is 233 g/mol. The third-order valence-corrected chi connectivity index (χ3v) is 2.90. The SMILES string of the molecule is CC(=S)Nc1cscc1-c1ccccc1. The molecule has 0 saturated heterocycles. The molecule has 1 nitrogen and oxygen atoms in total. The summed E-state index contributed by atoms with van der Waals surface area (Å²) in [5.41, 5.74) is 3.53. The number of rotatable bonds is 2. The minimum atomic E-state index is 0.797. The summed E-state index contributed by atoms with van der Waals surface area (Å²) in [6.07, 6.45) is 0. The minimum Gasteiger partial charge on any atom is -0.349 e. The topological polar surface area (TPSA) is 12.0 Å². The number of nitrogens with one attached hydrogen (secondary N) is 1. The fourth-order valence-electron chi connectivity index (χ4n) is 1.42. The van der Waals surface area contributed by atoms with E-state index in [4.69, 9.17) is 12.2 Å². The molecule has 0 spiro atoms. The molecule has 15 heavy (non-hydrogen) atoms. The first kappa shape index (κ1) is 10.3. The van der Waals surface area contributed by atoms with Crippen molar-refractivity contribution in [1.82, 2.24) is 0 Å². The smallest absolute Gasteiger partial charge is 0.0766 e. The Morgan fingerprint density at radius 3 is 2.60 bits per heavy atom. The second kappa shape index (κ2) is 4.55. The van der Waals surface area contributed by atoms with E-state index in [2.05, 4.69) is 28.2 Å². The van der Waals surface area contributed by atoms with Crippen LogP contribution in [0.15, 0.2) is 41.1 Å². The van der Waals surface area contributed by atoms with Gasteiger partial charge in [0.15, 0.2) is 0 Å². The molecular weight excluding hydrogens is 222 g/mol. The average Bonchev–Trinajstić information content (AvgIpc) is 2.66. The van der Waals surface area contributed by atoms with Gasteiger partial charge >= 0.3 is 0 Å². The minimum absolute atomic E-state index is 0.797. The quantitative estimate of drug-likeness (QED) is 0.781. The molecule has 0 bridgehead atoms. The normalized spacial score (nSPS) is 9.93. The molecule has 0 aliphatic rings. The first-order valence-electron chi connectivity index (χ1n) is 4.66. The molecule has 0 amide bonds. The molecule has 1 heterocycles. The van der Waals surface area contributed by atoms with Gasteiger partial charge in [0.2, 0.25) is 0 Å². The van der Waals surface area contributed by atoms with Crippen LogP contribution in [-0.4, -0.2) is 4.99 Å². The third-order valence-electron chi connectivity index (χ3n) is 2.06. The molecule has 76 valence electrons. The Hall–Kier alpha value is -1.19. The summed E-state index contributed by atoms with van der Waals surface area (Å²) in [6, 6.07) is 10.3. The van der Waals surface area contributed by atoms with Crippen LogP contribution in [0.4, 0.5) is 5.69 Å². The Balaban J connectivity index is 2.37. The van der Waals surface area contributed by atoms with E-state index >= 15 is 0 Å². The van der Waals surface area contributed by atoms with Crippen LogP contribution in [0.5, 0.6) is 0 Å². The first-order valence-corrected chi connectivity index (χ1v) is 6.01. The van der Waals surface area contributed by atoms with Gasteiger partial charge in [-0.1, -0.05) is 42.5 Å². The van der Waals surface area contributed by atoms with Crippen LogP contribution in [0.1, 0.15) is 6.92 Å². The van der Waals surface area contributed by atoms with Gasteiger partial charge in [-0.05, 0) is 12.5 Å². The second-order valence-electron chi connectivity index (χ2n) is 3.25. The van der Waals surface area contributed by atoms with Gasteiger partial charge in [-0.3, -0.25) is 0 Å². The van der Waals surface area contributed by atoms with Gasteiger partial charge in [-0.25, -0.2) is 0 Å². The lowest BCUT2D eigenvalue weighted by Gasteiger charge is -2.05. The van der Waals surface area contributed by atoms with Crippen LogP contribution in [0.25, 0.3) is 11.1 Å². The highest BCUT2D eigenvalue weighted by atomic mass is 32.1. The van der Waals surface area contributed by atoms with Crippen molar-refractivity contribution >= 4 is 34.2 Å². The average molecular weight is 233 g/mol. The van der Waals surface area contributed by atoms with E-state index in [-0.39, 0.29) is 0 Å². The molecule has 0 aliphatic carbocycles. The molecule has 3 heteroatoms. The third kappa shape index (κ3) is 2.43. The summed E-state index contributed by atoms with van der Waals surface area (Å²) < 4.78 is 0. The molecule has 0 radical (unpaired) electrons. The summed E-state index contributed by atoms with van der Waals surface area (Å²) in [5.74, 6) is 0. The predicted octanol–water partition coefficient (Wildman–Crippen LogP) is 4.17. The van der Waals surface area contributed by atoms with Crippen molar-refractivity contribution in [3.8, 4) is 11.1 Å². The van der Waals surface area contributed by atoms with Crippen LogP contribution >= 0.6 is 23.6 Å². The second-order valence-corrected chi connectivity index (χ2v) is 4.60. The van der Waals surface area contributed by atoms with Gasteiger partial charge in [-0.15, -0.1) is 11.3 Å². The Morgan fingerprint density at radius 2 is 1.93 bits per heavy atom. The maximum Gasteiger partial charge on any atom is 0.0766 e. The summed E-state index contributed by atoms with van der Waals surface area (Å²) in [6.45, 7) is 1.89. The lowest BCUT2D eigenvalue weighted by Crippen LogP contribution is -2.02. The lowest BCUT2D eigenvalue weighted by atomic mass is 10.1. The number of thiocarbonyl (C=S) groups is 1. The highest BCUT2D eigenvalue weighted by Gasteiger charge is 2.05. The molecule has 1 aromatic carbocycles. The summed E-state index contributed by atoms with van der Waals surface area (Å²) in [7, 11) is 0. The number of hydrogen-bond acceptors (Lipinski definition) is 2. The Morgan fingerprint density at radius 1 is 1.20 bits per heavy atom. The highest BCUT2D eigenvalue weighted by Crippen LogP contribution is 2.31. The van der Waals surface area contributed by atoms with Gasteiger partial charge in [-0.2, -0.15) is 0 Å². The molecule has 1 aromatic heterocycles. The summed E-state index contributed by atoms with van der Waals surface area (Å²) >= 11 is 6.73. The van der Waals surface area contributed by atoms with Crippen molar-refractivity contribution in [1.29, 1.82) is 0 Å². The van der Waals surface area contributed by atoms with Crippen molar-refractivity contribution in [2.24, 2.45) is 0 Å². The number of anilines is 1. The van der Waals surface area contributed by atoms with Gasteiger partial charge in [0, 0.05) is 16.3 Å². The molecule has 0 aliphatic heterocycles. The van der Waals surface area contributed by atoms with Crippen LogP contribution in [-0.2, 0) is 0 Å². The van der Waals surface area contributed by atoms with Gasteiger partial charge in [0.05, 0.1) is 10.7 Å². The largest absolute Gasteiger partial charge is 0.349 e. The number of benzene rings is 1. The molecular formula is C12H11NS2. The zero-order chi connectivity index (χ0) is 10.7. The predicted molar refractivity (Wildman–Crippen MR) is 71.6 cm³/mol. The molecule has 0 fully saturated rings. The molecule has 1 N–H and O–H groups in total. The van der Waals surface area contributed by atoms with Crippen molar-refractivity contribution in [3.63, 3.8) is 0 Å². The standard InChI is InChI=1S/C12H11NS2/c1-9(14)13-12-8-15-7-11(12)10-5-3-2-4-6-10/h2-8H,1H3,(H,13,14). The van der Waals surface area contributed by atoms with E-state index in [0.29, 0.717) is 0 Å². The summed E-state index contributed by atoms with van der Waals surface area (Å²) in [5, 5.41) is 7.41. The van der Waals surface area contributed by atoms with Crippen LogP contribution in [0, 0.1) is 0 Å². The number of thiophene rings is 1. The maximum absolute atomic E-state index is 5.05. The van der Waals surface area contributed by atoms with Crippen molar-refractivity contribution in [3.05, 3.63) is 41.1 Å². The van der Waals surface area contributed by atoms with Gasteiger partial charge < -0.3 is 5.32 Å². The molecule has 0 unspecified atom stereocenters. The van der Waals surface area contributed by atoms with E-state index in [1.165, 1.54) is 11.1 Å². The van der Waals surface area contributed by atoms with E-state index in [0.717, 1.165) is 10.7 Å². The van der Waals surface area contributed by atoms with E-state index in [1.54, 1.807) is 11.3 Å². The first-order chi connectivity index (χ1) is 7.27. The van der Waals surface area contributed by atoms with E-state index < -0.39 is 0 Å². The Kier molecular flexibility index (Phi) is 3.14. The van der Waals surface area contributed by atoms with Crippen molar-refractivity contribution in [2.45, 2.75) is 6.92 Å². The highest BCUT2D eigenvalue weighted by molar-refractivity contribution is 7.80. The molecule has 2 aromatic rings. The fourth-order valence-corrected chi connectivity index (χ4v) is 2.32. The maximum atomic E-state index is 5.05. The lowest BCUT2D eigenvalue weighted by molar-refractivity contribution is 1.65. The molecule has 0 atom stereocenters. The van der Waals surface area contributed by atoms with Gasteiger partial charge in [0.1, 0.15) is 0 Å². The molecule has 2 rings (SSSR count). The van der Waals surface area contributed by atoms with E-state index in [9.17, 15) is 0 Å². The Labute approximate surface area is 98.8 Å². The van der Waals surface area contributed by atoms with E-state index in [1.807, 2.05) is 25.1 Å². The number of hydrogen-bond donors (Lipinski definition) is 1. The fraction of sp³-hybridized carbons (Fsp3) is 0.0833. The van der Waals surface area contributed by atoms with Crippen LogP contribution in [0.2, 0.25) is 0 Å². The van der Waals surface area contributed by atoms with Crippen molar-refractivity contribution in [2.75, 3.05) is 5.32 Å². The Bertz CT molecular complexity index is 459. The van der Waals surface area contributed by atoms with Gasteiger partial charge in [0.25, 0.3) is 0 Å². The zero-order valence-electron chi connectivity index (χ0n) is 8.36. The van der Waals surface area contributed by atoms with Crippen LogP contribution in [0.3, 0.4) is 0 Å². The zero-order valence-corrected chi connectivity index (χ0v) is 9.99. The van der Waals surface area contributed by atoms with Crippen LogP contribution < -0.4 is 5.32 Å². The summed E-state index contributed by atoms with van der Waals surface area (Å²) in [4.78, 5) is 0.797. The van der Waals surface area contributed by atoms with Crippen molar-refractivity contribution < 1.29 is 0 Å². The molecule has 0 saturated carbocycles.